The maximum Gasteiger partial charge on any atom is 0.309 e. The minimum absolute atomic E-state index is 0.343. The van der Waals surface area contributed by atoms with Crippen LogP contribution in [0.5, 0.6) is 0 Å². The van der Waals surface area contributed by atoms with E-state index in [9.17, 15) is 9.59 Å². The molecule has 0 aromatic heterocycles. The summed E-state index contributed by atoms with van der Waals surface area (Å²) in [5, 5.41) is 18.1. The first-order chi connectivity index (χ1) is 6.25. The van der Waals surface area contributed by atoms with Crippen LogP contribution in [0.4, 0.5) is 0 Å². The molecule has 0 saturated heterocycles. The molecular weight excluding hydrogens is 184 g/mol. The standard InChI is InChI=1S/C10H16O4/c1-6-9(2,7(11)12)4-5-10(6,3)8(13)14/h6H,4-5H2,1-3H3,(H,11,12)(H,13,14)/t6?,9-,10+. The molecule has 0 aromatic carbocycles. The SMILES string of the molecule is CC1[C@](C)(C(=O)O)CC[C@]1(C)C(=O)O. The molecule has 0 bridgehead atoms. The Morgan fingerprint density at radius 2 is 1.36 bits per heavy atom. The molecule has 2 N–H and O–H groups in total. The van der Waals surface area contributed by atoms with Gasteiger partial charge in [0.25, 0.3) is 0 Å². The largest absolute Gasteiger partial charge is 0.481 e. The highest BCUT2D eigenvalue weighted by Gasteiger charge is 2.57. The van der Waals surface area contributed by atoms with Gasteiger partial charge in [0.15, 0.2) is 0 Å². The van der Waals surface area contributed by atoms with E-state index < -0.39 is 22.8 Å². The second-order valence-electron chi connectivity index (χ2n) is 4.67. The third-order valence-electron chi connectivity index (χ3n) is 4.05. The molecule has 80 valence electrons. The van der Waals surface area contributed by atoms with Gasteiger partial charge in [0.1, 0.15) is 0 Å². The molecule has 3 atom stereocenters. The smallest absolute Gasteiger partial charge is 0.309 e. The highest BCUT2D eigenvalue weighted by molar-refractivity contribution is 5.81. The first kappa shape index (κ1) is 11.0. The van der Waals surface area contributed by atoms with Crippen LogP contribution in [0.1, 0.15) is 33.6 Å². The van der Waals surface area contributed by atoms with Crippen molar-refractivity contribution in [3.63, 3.8) is 0 Å². The van der Waals surface area contributed by atoms with Gasteiger partial charge in [-0.1, -0.05) is 6.92 Å². The lowest BCUT2D eigenvalue weighted by Crippen LogP contribution is -2.39. The molecule has 1 rings (SSSR count). The molecule has 0 spiro atoms. The van der Waals surface area contributed by atoms with Crippen molar-refractivity contribution in [3.05, 3.63) is 0 Å². The molecule has 1 aliphatic carbocycles. The van der Waals surface area contributed by atoms with E-state index in [4.69, 9.17) is 10.2 Å². The van der Waals surface area contributed by atoms with Crippen LogP contribution in [-0.2, 0) is 9.59 Å². The number of hydrogen-bond acceptors (Lipinski definition) is 2. The van der Waals surface area contributed by atoms with E-state index in [-0.39, 0.29) is 5.92 Å². The van der Waals surface area contributed by atoms with Crippen LogP contribution in [0.3, 0.4) is 0 Å². The van der Waals surface area contributed by atoms with Crippen molar-refractivity contribution in [2.45, 2.75) is 33.6 Å². The van der Waals surface area contributed by atoms with Crippen molar-refractivity contribution < 1.29 is 19.8 Å². The van der Waals surface area contributed by atoms with Gasteiger partial charge in [0, 0.05) is 0 Å². The fraction of sp³-hybridized carbons (Fsp3) is 0.800. The van der Waals surface area contributed by atoms with Gasteiger partial charge in [-0.05, 0) is 32.6 Å². The summed E-state index contributed by atoms with van der Waals surface area (Å²) >= 11 is 0. The van der Waals surface area contributed by atoms with Gasteiger partial charge >= 0.3 is 11.9 Å². The average molecular weight is 200 g/mol. The molecule has 1 saturated carbocycles. The fourth-order valence-electron chi connectivity index (χ4n) is 2.24. The second kappa shape index (κ2) is 2.97. The van der Waals surface area contributed by atoms with Crippen molar-refractivity contribution in [1.29, 1.82) is 0 Å². The summed E-state index contributed by atoms with van der Waals surface area (Å²) in [5.74, 6) is -2.13. The topological polar surface area (TPSA) is 74.6 Å². The van der Waals surface area contributed by atoms with Gasteiger partial charge in [0.05, 0.1) is 10.8 Å². The van der Waals surface area contributed by atoms with Gasteiger partial charge in [-0.15, -0.1) is 0 Å². The van der Waals surface area contributed by atoms with Gasteiger partial charge in [-0.25, -0.2) is 0 Å². The highest BCUT2D eigenvalue weighted by atomic mass is 16.4. The van der Waals surface area contributed by atoms with Crippen LogP contribution in [0.15, 0.2) is 0 Å². The maximum atomic E-state index is 11.1. The van der Waals surface area contributed by atoms with Crippen LogP contribution >= 0.6 is 0 Å². The molecule has 4 nitrogen and oxygen atoms in total. The Kier molecular flexibility index (Phi) is 2.34. The van der Waals surface area contributed by atoms with E-state index in [0.717, 1.165) is 0 Å². The molecule has 0 aliphatic heterocycles. The summed E-state index contributed by atoms with van der Waals surface area (Å²) < 4.78 is 0. The molecule has 0 amide bonds. The number of aliphatic carboxylic acids is 2. The van der Waals surface area contributed by atoms with E-state index in [1.807, 2.05) is 0 Å². The van der Waals surface area contributed by atoms with Crippen LogP contribution in [0, 0.1) is 16.7 Å². The van der Waals surface area contributed by atoms with Gasteiger partial charge < -0.3 is 10.2 Å². The predicted octanol–water partition coefficient (Wildman–Crippen LogP) is 1.60. The van der Waals surface area contributed by atoms with E-state index in [1.165, 1.54) is 0 Å². The van der Waals surface area contributed by atoms with E-state index >= 15 is 0 Å². The minimum atomic E-state index is -0.896. The van der Waals surface area contributed by atoms with Crippen molar-refractivity contribution in [2.24, 2.45) is 16.7 Å². The zero-order chi connectivity index (χ0) is 11.1. The number of rotatable bonds is 2. The Morgan fingerprint density at radius 3 is 1.50 bits per heavy atom. The van der Waals surface area contributed by atoms with E-state index in [2.05, 4.69) is 0 Å². The minimum Gasteiger partial charge on any atom is -0.481 e. The lowest BCUT2D eigenvalue weighted by atomic mass is 9.71. The Bertz CT molecular complexity index is 258. The number of hydrogen-bond donors (Lipinski definition) is 2. The number of carbonyl (C=O) groups is 2. The maximum absolute atomic E-state index is 11.1. The van der Waals surface area contributed by atoms with E-state index in [1.54, 1.807) is 20.8 Å². The lowest BCUT2D eigenvalue weighted by molar-refractivity contribution is -0.156. The summed E-state index contributed by atoms with van der Waals surface area (Å²) in [6, 6.07) is 0. The van der Waals surface area contributed by atoms with Crippen molar-refractivity contribution >= 4 is 11.9 Å². The quantitative estimate of drug-likeness (QED) is 0.710. The predicted molar refractivity (Wildman–Crippen MR) is 49.9 cm³/mol. The van der Waals surface area contributed by atoms with Crippen LogP contribution < -0.4 is 0 Å². The second-order valence-corrected chi connectivity index (χ2v) is 4.67. The number of carboxylic acid groups (broad SMARTS) is 2. The van der Waals surface area contributed by atoms with Crippen LogP contribution in [-0.4, -0.2) is 22.2 Å². The molecule has 1 unspecified atom stereocenters. The lowest BCUT2D eigenvalue weighted by Gasteiger charge is -2.31. The first-order valence-corrected chi connectivity index (χ1v) is 4.72. The molecule has 0 aromatic rings. The Balaban J connectivity index is 3.05. The highest BCUT2D eigenvalue weighted by Crippen LogP contribution is 2.54. The van der Waals surface area contributed by atoms with Crippen LogP contribution in [0.25, 0.3) is 0 Å². The molecule has 1 aliphatic rings. The summed E-state index contributed by atoms with van der Waals surface area (Å²) in [7, 11) is 0. The monoisotopic (exact) mass is 200 g/mol. The Labute approximate surface area is 82.9 Å². The molecule has 14 heavy (non-hydrogen) atoms. The third-order valence-corrected chi connectivity index (χ3v) is 4.05. The van der Waals surface area contributed by atoms with Crippen molar-refractivity contribution in [2.75, 3.05) is 0 Å². The van der Waals surface area contributed by atoms with Crippen LogP contribution in [0.2, 0.25) is 0 Å². The summed E-state index contributed by atoms with van der Waals surface area (Å²) in [5.41, 5.74) is -1.79. The Hall–Kier alpha value is -1.06. The average Bonchev–Trinajstić information content (AvgIpc) is 2.32. The summed E-state index contributed by atoms with van der Waals surface area (Å²) in [4.78, 5) is 22.1. The van der Waals surface area contributed by atoms with Crippen molar-refractivity contribution in [1.82, 2.24) is 0 Å². The van der Waals surface area contributed by atoms with Gasteiger partial charge in [-0.2, -0.15) is 0 Å². The zero-order valence-corrected chi connectivity index (χ0v) is 8.70. The first-order valence-electron chi connectivity index (χ1n) is 4.72. The molecular formula is C10H16O4. The molecule has 4 heteroatoms. The van der Waals surface area contributed by atoms with Crippen molar-refractivity contribution in [3.8, 4) is 0 Å². The summed E-state index contributed by atoms with van der Waals surface area (Å²) in [6.07, 6.45) is 0.874. The molecule has 0 radical (unpaired) electrons. The number of carboxylic acids is 2. The fourth-order valence-corrected chi connectivity index (χ4v) is 2.24. The van der Waals surface area contributed by atoms with Gasteiger partial charge in [-0.3, -0.25) is 9.59 Å². The van der Waals surface area contributed by atoms with Gasteiger partial charge in [0.2, 0.25) is 0 Å². The third kappa shape index (κ3) is 1.21. The summed E-state index contributed by atoms with van der Waals surface area (Å²) in [6.45, 7) is 4.98. The van der Waals surface area contributed by atoms with E-state index in [0.29, 0.717) is 12.8 Å². The normalized spacial score (nSPS) is 42.4. The Morgan fingerprint density at radius 1 is 1.07 bits per heavy atom. The molecule has 1 fully saturated rings. The molecule has 0 heterocycles. The zero-order valence-electron chi connectivity index (χ0n) is 8.70.